The van der Waals surface area contributed by atoms with Crippen molar-refractivity contribution in [2.24, 2.45) is 0 Å². The van der Waals surface area contributed by atoms with Crippen molar-refractivity contribution in [2.75, 3.05) is 0 Å². The zero-order chi connectivity index (χ0) is 8.72. The standard InChI is InChI=1S/C8H3F3S/c9-4-1-2-5-6(3-4)12-8(11)7(5)10/h1-3H. The summed E-state index contributed by atoms with van der Waals surface area (Å²) in [5.41, 5.74) is 0. The van der Waals surface area contributed by atoms with E-state index in [0.29, 0.717) is 16.0 Å². The third kappa shape index (κ3) is 0.992. The van der Waals surface area contributed by atoms with E-state index in [1.54, 1.807) is 0 Å². The Morgan fingerprint density at radius 3 is 2.58 bits per heavy atom. The zero-order valence-electron chi connectivity index (χ0n) is 5.77. The highest BCUT2D eigenvalue weighted by Gasteiger charge is 2.11. The van der Waals surface area contributed by atoms with Crippen LogP contribution in [-0.4, -0.2) is 0 Å². The van der Waals surface area contributed by atoms with Gasteiger partial charge in [-0.05, 0) is 18.2 Å². The van der Waals surface area contributed by atoms with Crippen LogP contribution < -0.4 is 0 Å². The Morgan fingerprint density at radius 2 is 1.83 bits per heavy atom. The van der Waals surface area contributed by atoms with E-state index in [4.69, 9.17) is 0 Å². The minimum Gasteiger partial charge on any atom is -0.207 e. The normalized spacial score (nSPS) is 10.9. The third-order valence-electron chi connectivity index (χ3n) is 1.55. The molecule has 1 heterocycles. The van der Waals surface area contributed by atoms with Gasteiger partial charge >= 0.3 is 0 Å². The molecule has 1 aromatic carbocycles. The number of thiophene rings is 1. The first kappa shape index (κ1) is 7.61. The number of fused-ring (bicyclic) bond motifs is 1. The summed E-state index contributed by atoms with van der Waals surface area (Å²) in [6.45, 7) is 0. The molecule has 0 unspecified atom stereocenters. The van der Waals surface area contributed by atoms with E-state index < -0.39 is 16.8 Å². The van der Waals surface area contributed by atoms with E-state index in [1.165, 1.54) is 6.07 Å². The smallest absolute Gasteiger partial charge is 0.207 e. The van der Waals surface area contributed by atoms with Gasteiger partial charge in [-0.1, -0.05) is 0 Å². The molecule has 0 bridgehead atoms. The molecule has 62 valence electrons. The second-order valence-corrected chi connectivity index (χ2v) is 3.33. The van der Waals surface area contributed by atoms with Crippen molar-refractivity contribution in [3.63, 3.8) is 0 Å². The molecule has 0 N–H and O–H groups in total. The first-order chi connectivity index (χ1) is 5.68. The van der Waals surface area contributed by atoms with E-state index >= 15 is 0 Å². The van der Waals surface area contributed by atoms with Crippen molar-refractivity contribution in [3.8, 4) is 0 Å². The van der Waals surface area contributed by atoms with Crippen molar-refractivity contribution >= 4 is 21.4 Å². The molecule has 4 heteroatoms. The maximum absolute atomic E-state index is 12.8. The highest BCUT2D eigenvalue weighted by atomic mass is 32.1. The lowest BCUT2D eigenvalue weighted by Gasteiger charge is -1.87. The summed E-state index contributed by atoms with van der Waals surface area (Å²) in [5.74, 6) is -1.38. The molecule has 2 aromatic rings. The molecule has 0 radical (unpaired) electrons. The Labute approximate surface area is 70.3 Å². The Bertz CT molecular complexity index is 433. The van der Waals surface area contributed by atoms with Crippen molar-refractivity contribution in [2.45, 2.75) is 0 Å². The predicted octanol–water partition coefficient (Wildman–Crippen LogP) is 3.32. The van der Waals surface area contributed by atoms with E-state index in [9.17, 15) is 13.2 Å². The second kappa shape index (κ2) is 2.48. The number of benzene rings is 1. The van der Waals surface area contributed by atoms with Gasteiger partial charge in [0.2, 0.25) is 5.13 Å². The van der Waals surface area contributed by atoms with Crippen LogP contribution in [0.4, 0.5) is 13.2 Å². The van der Waals surface area contributed by atoms with Gasteiger partial charge in [0.1, 0.15) is 5.82 Å². The summed E-state index contributed by atoms with van der Waals surface area (Å²) in [6, 6.07) is 3.46. The molecule has 0 atom stereocenters. The molecule has 1 aromatic heterocycles. The van der Waals surface area contributed by atoms with Gasteiger partial charge in [-0.25, -0.2) is 8.78 Å². The topological polar surface area (TPSA) is 0 Å². The highest BCUT2D eigenvalue weighted by molar-refractivity contribution is 7.17. The SMILES string of the molecule is Fc1ccc2c(F)c(F)sc2c1. The van der Waals surface area contributed by atoms with Crippen LogP contribution in [0.2, 0.25) is 0 Å². The Kier molecular flexibility index (Phi) is 1.58. The van der Waals surface area contributed by atoms with Crippen molar-refractivity contribution in [1.82, 2.24) is 0 Å². The van der Waals surface area contributed by atoms with Crippen LogP contribution in [0, 0.1) is 16.8 Å². The molecular weight excluding hydrogens is 185 g/mol. The van der Waals surface area contributed by atoms with Gasteiger partial charge in [0.05, 0.1) is 0 Å². The van der Waals surface area contributed by atoms with Gasteiger partial charge < -0.3 is 0 Å². The average molecular weight is 188 g/mol. The summed E-state index contributed by atoms with van der Waals surface area (Å²) in [4.78, 5) is 0. The van der Waals surface area contributed by atoms with Gasteiger partial charge in [-0.3, -0.25) is 0 Å². The van der Waals surface area contributed by atoms with Gasteiger partial charge in [0, 0.05) is 10.1 Å². The van der Waals surface area contributed by atoms with E-state index in [-0.39, 0.29) is 5.39 Å². The molecule has 12 heavy (non-hydrogen) atoms. The number of halogens is 3. The van der Waals surface area contributed by atoms with Crippen LogP contribution in [0.15, 0.2) is 18.2 Å². The molecule has 0 saturated carbocycles. The minimum absolute atomic E-state index is 0.138. The van der Waals surface area contributed by atoms with Crippen molar-refractivity contribution in [1.29, 1.82) is 0 Å². The van der Waals surface area contributed by atoms with Crippen molar-refractivity contribution in [3.05, 3.63) is 35.0 Å². The minimum atomic E-state index is -0.894. The molecule has 2 rings (SSSR count). The largest absolute Gasteiger partial charge is 0.213 e. The quantitative estimate of drug-likeness (QED) is 0.595. The van der Waals surface area contributed by atoms with Crippen LogP contribution >= 0.6 is 11.3 Å². The van der Waals surface area contributed by atoms with Crippen LogP contribution in [0.3, 0.4) is 0 Å². The lowest BCUT2D eigenvalue weighted by atomic mass is 10.2. The maximum atomic E-state index is 12.8. The Morgan fingerprint density at radius 1 is 1.08 bits per heavy atom. The fourth-order valence-electron chi connectivity index (χ4n) is 1.01. The Hall–Kier alpha value is -1.03. The van der Waals surface area contributed by atoms with Crippen LogP contribution in [-0.2, 0) is 0 Å². The van der Waals surface area contributed by atoms with Gasteiger partial charge in [-0.2, -0.15) is 4.39 Å². The molecule has 0 aliphatic rings. The summed E-state index contributed by atoms with van der Waals surface area (Å²) in [7, 11) is 0. The first-order valence-corrected chi connectivity index (χ1v) is 4.03. The number of rotatable bonds is 0. The van der Waals surface area contributed by atoms with Gasteiger partial charge in [-0.15, -0.1) is 11.3 Å². The average Bonchev–Trinajstić information content (AvgIpc) is 2.28. The highest BCUT2D eigenvalue weighted by Crippen LogP contribution is 2.28. The van der Waals surface area contributed by atoms with E-state index in [2.05, 4.69) is 0 Å². The van der Waals surface area contributed by atoms with E-state index in [0.717, 1.165) is 12.1 Å². The second-order valence-electron chi connectivity index (χ2n) is 2.33. The predicted molar refractivity (Wildman–Crippen MR) is 41.7 cm³/mol. The summed E-state index contributed by atoms with van der Waals surface area (Å²) in [5, 5.41) is -0.755. The number of hydrogen-bond donors (Lipinski definition) is 0. The zero-order valence-corrected chi connectivity index (χ0v) is 6.59. The first-order valence-electron chi connectivity index (χ1n) is 3.21. The van der Waals surface area contributed by atoms with Gasteiger partial charge in [0.15, 0.2) is 5.82 Å². The number of hydrogen-bond acceptors (Lipinski definition) is 1. The van der Waals surface area contributed by atoms with Crippen LogP contribution in [0.5, 0.6) is 0 Å². The lowest BCUT2D eigenvalue weighted by Crippen LogP contribution is -1.73. The molecule has 0 amide bonds. The molecule has 0 aliphatic heterocycles. The third-order valence-corrected chi connectivity index (χ3v) is 2.47. The fourth-order valence-corrected chi connectivity index (χ4v) is 1.84. The van der Waals surface area contributed by atoms with Crippen LogP contribution in [0.25, 0.3) is 10.1 Å². The monoisotopic (exact) mass is 188 g/mol. The summed E-state index contributed by atoms with van der Waals surface area (Å²) >= 11 is 0.611. The molecule has 0 nitrogen and oxygen atoms in total. The maximum Gasteiger partial charge on any atom is 0.213 e. The van der Waals surface area contributed by atoms with Gasteiger partial charge in [0.25, 0.3) is 0 Å². The molecule has 0 fully saturated rings. The molecule has 0 spiro atoms. The molecular formula is C8H3F3S. The van der Waals surface area contributed by atoms with Crippen molar-refractivity contribution < 1.29 is 13.2 Å². The molecule has 0 aliphatic carbocycles. The summed E-state index contributed by atoms with van der Waals surface area (Å²) in [6.07, 6.45) is 0. The van der Waals surface area contributed by atoms with Crippen LogP contribution in [0.1, 0.15) is 0 Å². The lowest BCUT2D eigenvalue weighted by molar-refractivity contribution is 0.538. The fraction of sp³-hybridized carbons (Fsp3) is 0. The molecule has 0 saturated heterocycles. The summed E-state index contributed by atoms with van der Waals surface area (Å²) < 4.78 is 38.2. The Balaban J connectivity index is 2.87. The van der Waals surface area contributed by atoms with E-state index in [1.807, 2.05) is 0 Å².